The van der Waals surface area contributed by atoms with Crippen molar-refractivity contribution in [3.8, 4) is 5.75 Å². The van der Waals surface area contributed by atoms with Crippen LogP contribution in [0.15, 0.2) is 58.6 Å². The van der Waals surface area contributed by atoms with Crippen molar-refractivity contribution < 1.29 is 18.7 Å². The molecule has 0 aromatic heterocycles. The SMILES string of the molecule is O=S1(=O)c2ccccc2C(=NO)CC1CCCN1CCN(c2ccc(O)cc2)CC1. The lowest BCUT2D eigenvalue weighted by Crippen LogP contribution is -2.46. The molecule has 0 radical (unpaired) electrons. The topological polar surface area (TPSA) is 93.4 Å². The normalized spacial score (nSPS) is 22.7. The Morgan fingerprint density at radius 2 is 1.70 bits per heavy atom. The Labute approximate surface area is 177 Å². The van der Waals surface area contributed by atoms with E-state index in [-0.39, 0.29) is 17.1 Å². The van der Waals surface area contributed by atoms with Gasteiger partial charge in [-0.2, -0.15) is 0 Å². The average molecular weight is 430 g/mol. The second-order valence-corrected chi connectivity index (χ2v) is 10.1. The van der Waals surface area contributed by atoms with Crippen molar-refractivity contribution in [1.29, 1.82) is 0 Å². The molecular formula is C22H27N3O4S. The maximum Gasteiger partial charge on any atom is 0.182 e. The van der Waals surface area contributed by atoms with E-state index in [1.165, 1.54) is 0 Å². The minimum atomic E-state index is -3.42. The fraction of sp³-hybridized carbons (Fsp3) is 0.409. The van der Waals surface area contributed by atoms with Crippen LogP contribution in [0.4, 0.5) is 5.69 Å². The zero-order valence-electron chi connectivity index (χ0n) is 16.8. The maximum atomic E-state index is 13.0. The summed E-state index contributed by atoms with van der Waals surface area (Å²) < 4.78 is 26.0. The quantitative estimate of drug-likeness (QED) is 0.561. The van der Waals surface area contributed by atoms with E-state index in [2.05, 4.69) is 15.0 Å². The first-order valence-corrected chi connectivity index (χ1v) is 11.8. The summed E-state index contributed by atoms with van der Waals surface area (Å²) in [6, 6.07) is 14.0. The molecule has 1 saturated heterocycles. The predicted molar refractivity (Wildman–Crippen MR) is 116 cm³/mol. The second-order valence-electron chi connectivity index (χ2n) is 7.90. The summed E-state index contributed by atoms with van der Waals surface area (Å²) in [6.07, 6.45) is 1.59. The highest BCUT2D eigenvalue weighted by Gasteiger charge is 2.36. The number of aromatic hydroxyl groups is 1. The van der Waals surface area contributed by atoms with E-state index in [1.54, 1.807) is 36.4 Å². The van der Waals surface area contributed by atoms with E-state index in [0.29, 0.717) is 17.7 Å². The van der Waals surface area contributed by atoms with Gasteiger partial charge in [-0.15, -0.1) is 0 Å². The summed E-state index contributed by atoms with van der Waals surface area (Å²) in [4.78, 5) is 4.93. The monoisotopic (exact) mass is 429 g/mol. The molecule has 0 aliphatic carbocycles. The third kappa shape index (κ3) is 4.15. The molecule has 2 aromatic carbocycles. The number of oxime groups is 1. The van der Waals surface area contributed by atoms with Crippen LogP contribution >= 0.6 is 0 Å². The number of hydrogen-bond acceptors (Lipinski definition) is 7. The van der Waals surface area contributed by atoms with Crippen LogP contribution in [0.5, 0.6) is 5.75 Å². The van der Waals surface area contributed by atoms with Crippen LogP contribution in [0, 0.1) is 0 Å². The van der Waals surface area contributed by atoms with Crippen LogP contribution in [0.25, 0.3) is 0 Å². The summed E-state index contributed by atoms with van der Waals surface area (Å²) in [7, 11) is -3.42. The minimum Gasteiger partial charge on any atom is -0.508 e. The number of phenolic OH excluding ortho intramolecular Hbond substituents is 1. The number of nitrogens with zero attached hydrogens (tertiary/aromatic N) is 3. The van der Waals surface area contributed by atoms with Gasteiger partial charge in [0.15, 0.2) is 9.84 Å². The van der Waals surface area contributed by atoms with Crippen LogP contribution in [0.1, 0.15) is 24.8 Å². The predicted octanol–water partition coefficient (Wildman–Crippen LogP) is 2.72. The van der Waals surface area contributed by atoms with E-state index in [4.69, 9.17) is 0 Å². The van der Waals surface area contributed by atoms with Crippen LogP contribution in [-0.4, -0.2) is 67.3 Å². The molecule has 2 aliphatic heterocycles. The Kier molecular flexibility index (Phi) is 5.97. The van der Waals surface area contributed by atoms with Crippen molar-refractivity contribution in [3.05, 3.63) is 54.1 Å². The Hall–Kier alpha value is -2.58. The fourth-order valence-corrected chi connectivity index (χ4v) is 6.33. The molecule has 7 nitrogen and oxygen atoms in total. The minimum absolute atomic E-state index is 0.254. The van der Waals surface area contributed by atoms with Crippen LogP contribution in [0.2, 0.25) is 0 Å². The Bertz CT molecular complexity index is 1010. The largest absolute Gasteiger partial charge is 0.508 e. The zero-order valence-corrected chi connectivity index (χ0v) is 17.6. The molecule has 0 bridgehead atoms. The van der Waals surface area contributed by atoms with Crippen molar-refractivity contribution >= 4 is 21.2 Å². The average Bonchev–Trinajstić information content (AvgIpc) is 2.76. The van der Waals surface area contributed by atoms with E-state index in [1.807, 2.05) is 12.1 Å². The molecule has 8 heteroatoms. The Balaban J connectivity index is 1.31. The lowest BCUT2D eigenvalue weighted by atomic mass is 10.0. The van der Waals surface area contributed by atoms with Gasteiger partial charge in [-0.3, -0.25) is 4.90 Å². The van der Waals surface area contributed by atoms with Crippen molar-refractivity contribution in [2.45, 2.75) is 29.4 Å². The molecule has 2 aliphatic rings. The molecule has 160 valence electrons. The Morgan fingerprint density at radius 3 is 2.40 bits per heavy atom. The molecule has 30 heavy (non-hydrogen) atoms. The number of rotatable bonds is 5. The number of hydrogen-bond donors (Lipinski definition) is 2. The third-order valence-electron chi connectivity index (χ3n) is 6.07. The first-order chi connectivity index (χ1) is 14.5. The van der Waals surface area contributed by atoms with Gasteiger partial charge in [0.2, 0.25) is 0 Å². The molecule has 2 heterocycles. The van der Waals surface area contributed by atoms with Crippen molar-refractivity contribution in [3.63, 3.8) is 0 Å². The molecule has 0 spiro atoms. The highest BCUT2D eigenvalue weighted by molar-refractivity contribution is 7.92. The van der Waals surface area contributed by atoms with E-state index in [9.17, 15) is 18.7 Å². The van der Waals surface area contributed by atoms with E-state index < -0.39 is 15.1 Å². The van der Waals surface area contributed by atoms with Gasteiger partial charge in [0.05, 0.1) is 15.9 Å². The number of fused-ring (bicyclic) bond motifs is 1. The summed E-state index contributed by atoms with van der Waals surface area (Å²) in [5.74, 6) is 0.270. The molecule has 1 unspecified atom stereocenters. The van der Waals surface area contributed by atoms with Gasteiger partial charge in [0, 0.05) is 43.9 Å². The van der Waals surface area contributed by atoms with Gasteiger partial charge < -0.3 is 15.2 Å². The van der Waals surface area contributed by atoms with Gasteiger partial charge in [-0.1, -0.05) is 23.4 Å². The number of phenols is 1. The molecule has 0 saturated carbocycles. The number of piperazine rings is 1. The third-order valence-corrected chi connectivity index (χ3v) is 8.32. The summed E-state index contributed by atoms with van der Waals surface area (Å²) in [5.41, 5.74) is 2.07. The van der Waals surface area contributed by atoms with Crippen LogP contribution in [-0.2, 0) is 9.84 Å². The molecule has 2 N–H and O–H groups in total. The first kappa shape index (κ1) is 20.7. The molecular weight excluding hydrogens is 402 g/mol. The number of sulfone groups is 1. The number of benzene rings is 2. The lowest BCUT2D eigenvalue weighted by Gasteiger charge is -2.36. The van der Waals surface area contributed by atoms with Crippen molar-refractivity contribution in [2.75, 3.05) is 37.6 Å². The van der Waals surface area contributed by atoms with Gasteiger partial charge >= 0.3 is 0 Å². The second kappa shape index (κ2) is 8.65. The lowest BCUT2D eigenvalue weighted by molar-refractivity contribution is 0.252. The standard InChI is InChI=1S/C22H27N3O4S/c26-18-9-7-17(8-10-18)25-14-12-24(13-15-25)11-3-4-19-16-21(23-27)20-5-1-2-6-22(20)30(19,28)29/h1-2,5-10,19,26-27H,3-4,11-16H2. The maximum absolute atomic E-state index is 13.0. The van der Waals surface area contributed by atoms with E-state index >= 15 is 0 Å². The first-order valence-electron chi connectivity index (χ1n) is 10.3. The molecule has 2 aromatic rings. The van der Waals surface area contributed by atoms with Crippen LogP contribution < -0.4 is 4.90 Å². The van der Waals surface area contributed by atoms with Gasteiger partial charge in [-0.05, 0) is 49.7 Å². The molecule has 0 amide bonds. The van der Waals surface area contributed by atoms with Gasteiger partial charge in [0.25, 0.3) is 0 Å². The summed E-state index contributed by atoms with van der Waals surface area (Å²) >= 11 is 0. The highest BCUT2D eigenvalue weighted by atomic mass is 32.2. The van der Waals surface area contributed by atoms with Gasteiger partial charge in [-0.25, -0.2) is 8.42 Å². The Morgan fingerprint density at radius 1 is 1.00 bits per heavy atom. The molecule has 4 rings (SSSR count). The summed E-state index contributed by atoms with van der Waals surface area (Å²) in [6.45, 7) is 4.50. The van der Waals surface area contributed by atoms with Crippen molar-refractivity contribution in [1.82, 2.24) is 4.90 Å². The summed E-state index contributed by atoms with van der Waals surface area (Å²) in [5, 5.41) is 21.6. The number of anilines is 1. The molecule has 1 atom stereocenters. The zero-order chi connectivity index (χ0) is 21.1. The smallest absolute Gasteiger partial charge is 0.182 e. The van der Waals surface area contributed by atoms with Gasteiger partial charge in [0.1, 0.15) is 5.75 Å². The van der Waals surface area contributed by atoms with E-state index in [0.717, 1.165) is 44.8 Å². The molecule has 1 fully saturated rings. The van der Waals surface area contributed by atoms with Crippen LogP contribution in [0.3, 0.4) is 0 Å². The fourth-order valence-electron chi connectivity index (χ4n) is 4.36. The highest BCUT2D eigenvalue weighted by Crippen LogP contribution is 2.32. The van der Waals surface area contributed by atoms with Crippen molar-refractivity contribution in [2.24, 2.45) is 5.16 Å².